The normalized spacial score (nSPS) is 12.0. The molecule has 0 aliphatic carbocycles. The standard InChI is InChI=1S/C18H9BrO2/c19-10-5-6-16-12(7-10)14-8-13-11-3-1-2-4-15(11)20-17(13)9-18(14)21-16/h1-9H. The van der Waals surface area contributed by atoms with Crippen molar-refractivity contribution in [1.29, 1.82) is 0 Å². The molecule has 21 heavy (non-hydrogen) atoms. The summed E-state index contributed by atoms with van der Waals surface area (Å²) in [7, 11) is 0. The first-order chi connectivity index (χ1) is 10.3. The van der Waals surface area contributed by atoms with Crippen LogP contribution in [0.2, 0.25) is 0 Å². The van der Waals surface area contributed by atoms with E-state index in [2.05, 4.69) is 34.1 Å². The smallest absolute Gasteiger partial charge is 0.139 e. The Morgan fingerprint density at radius 3 is 2.10 bits per heavy atom. The molecule has 5 aromatic rings. The zero-order valence-electron chi connectivity index (χ0n) is 10.9. The minimum absolute atomic E-state index is 0.856. The van der Waals surface area contributed by atoms with Crippen LogP contribution in [0.3, 0.4) is 0 Å². The van der Waals surface area contributed by atoms with E-state index in [0.29, 0.717) is 0 Å². The maximum atomic E-state index is 5.93. The summed E-state index contributed by atoms with van der Waals surface area (Å²) in [5, 5.41) is 4.50. The third-order valence-electron chi connectivity index (χ3n) is 3.93. The van der Waals surface area contributed by atoms with Crippen LogP contribution in [0, 0.1) is 0 Å². The number of fused-ring (bicyclic) bond motifs is 6. The maximum absolute atomic E-state index is 5.93. The van der Waals surface area contributed by atoms with Gasteiger partial charge in [0.05, 0.1) is 0 Å². The first-order valence-electron chi connectivity index (χ1n) is 6.73. The van der Waals surface area contributed by atoms with Crippen molar-refractivity contribution in [3.63, 3.8) is 0 Å². The summed E-state index contributed by atoms with van der Waals surface area (Å²) in [4.78, 5) is 0. The second-order valence-electron chi connectivity index (χ2n) is 5.19. The van der Waals surface area contributed by atoms with Crippen LogP contribution in [0.25, 0.3) is 43.9 Å². The van der Waals surface area contributed by atoms with Crippen LogP contribution in [0.4, 0.5) is 0 Å². The lowest BCUT2D eigenvalue weighted by Gasteiger charge is -1.92. The number of furan rings is 2. The molecule has 2 aromatic heterocycles. The van der Waals surface area contributed by atoms with E-state index in [1.165, 1.54) is 0 Å². The van der Waals surface area contributed by atoms with Crippen LogP contribution >= 0.6 is 15.9 Å². The molecule has 0 aliphatic rings. The molecular formula is C18H9BrO2. The Bertz CT molecular complexity index is 1150. The zero-order chi connectivity index (χ0) is 14.0. The van der Waals surface area contributed by atoms with Crippen molar-refractivity contribution in [2.75, 3.05) is 0 Å². The van der Waals surface area contributed by atoms with Gasteiger partial charge < -0.3 is 8.83 Å². The van der Waals surface area contributed by atoms with Gasteiger partial charge in [-0.2, -0.15) is 0 Å². The van der Waals surface area contributed by atoms with Crippen LogP contribution in [-0.4, -0.2) is 0 Å². The fourth-order valence-electron chi connectivity index (χ4n) is 2.97. The maximum Gasteiger partial charge on any atom is 0.139 e. The van der Waals surface area contributed by atoms with E-state index < -0.39 is 0 Å². The van der Waals surface area contributed by atoms with Gasteiger partial charge in [0.1, 0.15) is 22.3 Å². The van der Waals surface area contributed by atoms with Gasteiger partial charge in [-0.25, -0.2) is 0 Å². The van der Waals surface area contributed by atoms with Crippen LogP contribution < -0.4 is 0 Å². The summed E-state index contributed by atoms with van der Waals surface area (Å²) in [5.74, 6) is 0. The molecule has 0 bridgehead atoms. The van der Waals surface area contributed by atoms with E-state index in [-0.39, 0.29) is 0 Å². The first-order valence-corrected chi connectivity index (χ1v) is 7.52. The van der Waals surface area contributed by atoms with Gasteiger partial charge >= 0.3 is 0 Å². The molecule has 0 aliphatic heterocycles. The van der Waals surface area contributed by atoms with Crippen LogP contribution in [0.15, 0.2) is 67.9 Å². The van der Waals surface area contributed by atoms with Crippen molar-refractivity contribution in [3.8, 4) is 0 Å². The largest absolute Gasteiger partial charge is 0.456 e. The van der Waals surface area contributed by atoms with E-state index >= 15 is 0 Å². The lowest BCUT2D eigenvalue weighted by atomic mass is 10.1. The quantitative estimate of drug-likeness (QED) is 0.334. The van der Waals surface area contributed by atoms with Crippen LogP contribution in [0.1, 0.15) is 0 Å². The minimum Gasteiger partial charge on any atom is -0.456 e. The molecule has 0 radical (unpaired) electrons. The predicted octanol–water partition coefficient (Wildman–Crippen LogP) is 6.25. The highest BCUT2D eigenvalue weighted by atomic mass is 79.9. The molecule has 0 fully saturated rings. The van der Waals surface area contributed by atoms with E-state index in [9.17, 15) is 0 Å². The van der Waals surface area contributed by atoms with Crippen molar-refractivity contribution < 1.29 is 8.83 Å². The van der Waals surface area contributed by atoms with E-state index in [0.717, 1.165) is 48.3 Å². The number of para-hydroxylation sites is 1. The van der Waals surface area contributed by atoms with Gasteiger partial charge in [0, 0.05) is 32.1 Å². The highest BCUT2D eigenvalue weighted by Crippen LogP contribution is 2.37. The molecule has 3 aromatic carbocycles. The van der Waals surface area contributed by atoms with Gasteiger partial charge in [-0.3, -0.25) is 0 Å². The second kappa shape index (κ2) is 3.89. The number of hydrogen-bond donors (Lipinski definition) is 0. The van der Waals surface area contributed by atoms with Gasteiger partial charge in [-0.1, -0.05) is 34.1 Å². The Morgan fingerprint density at radius 1 is 0.571 bits per heavy atom. The molecule has 2 heterocycles. The fourth-order valence-corrected chi connectivity index (χ4v) is 3.33. The monoisotopic (exact) mass is 336 g/mol. The fraction of sp³-hybridized carbons (Fsp3) is 0. The highest BCUT2D eigenvalue weighted by molar-refractivity contribution is 9.10. The Labute approximate surface area is 128 Å². The third-order valence-corrected chi connectivity index (χ3v) is 4.42. The van der Waals surface area contributed by atoms with Gasteiger partial charge in [0.15, 0.2) is 0 Å². The Morgan fingerprint density at radius 2 is 1.24 bits per heavy atom. The van der Waals surface area contributed by atoms with Gasteiger partial charge in [0.2, 0.25) is 0 Å². The molecule has 5 rings (SSSR count). The average molecular weight is 337 g/mol. The number of benzene rings is 3. The molecule has 0 atom stereocenters. The average Bonchev–Trinajstić information content (AvgIpc) is 3.02. The number of halogens is 1. The molecule has 0 unspecified atom stereocenters. The number of hydrogen-bond acceptors (Lipinski definition) is 2. The molecule has 0 N–H and O–H groups in total. The Balaban J connectivity index is 2.03. The molecular weight excluding hydrogens is 328 g/mol. The highest BCUT2D eigenvalue weighted by Gasteiger charge is 2.12. The lowest BCUT2D eigenvalue weighted by molar-refractivity contribution is 0.656. The number of rotatable bonds is 0. The predicted molar refractivity (Wildman–Crippen MR) is 88.7 cm³/mol. The van der Waals surface area contributed by atoms with Gasteiger partial charge in [-0.15, -0.1) is 0 Å². The lowest BCUT2D eigenvalue weighted by Crippen LogP contribution is -1.69. The topological polar surface area (TPSA) is 26.3 Å². The van der Waals surface area contributed by atoms with E-state index in [4.69, 9.17) is 8.83 Å². The van der Waals surface area contributed by atoms with Crippen LogP contribution in [0.5, 0.6) is 0 Å². The molecule has 0 saturated heterocycles. The summed E-state index contributed by atoms with van der Waals surface area (Å²) in [6.45, 7) is 0. The third kappa shape index (κ3) is 1.52. The molecule has 0 spiro atoms. The van der Waals surface area contributed by atoms with Crippen LogP contribution in [-0.2, 0) is 0 Å². The van der Waals surface area contributed by atoms with Crippen molar-refractivity contribution in [1.82, 2.24) is 0 Å². The summed E-state index contributed by atoms with van der Waals surface area (Å²) in [6.07, 6.45) is 0. The molecule has 100 valence electrons. The van der Waals surface area contributed by atoms with Crippen molar-refractivity contribution in [2.24, 2.45) is 0 Å². The summed E-state index contributed by atoms with van der Waals surface area (Å²) < 4.78 is 12.9. The Kier molecular flexibility index (Phi) is 2.11. The SMILES string of the molecule is Brc1ccc2oc3cc4oc5ccccc5c4cc3c2c1. The molecule has 2 nitrogen and oxygen atoms in total. The van der Waals surface area contributed by atoms with E-state index in [1.807, 2.05) is 36.4 Å². The van der Waals surface area contributed by atoms with Gasteiger partial charge in [-0.05, 0) is 30.3 Å². The van der Waals surface area contributed by atoms with Crippen molar-refractivity contribution in [3.05, 3.63) is 59.1 Å². The molecule has 0 amide bonds. The van der Waals surface area contributed by atoms with Crippen molar-refractivity contribution >= 4 is 59.8 Å². The zero-order valence-corrected chi connectivity index (χ0v) is 12.5. The summed E-state index contributed by atoms with van der Waals surface area (Å²) in [6, 6.07) is 18.3. The molecule has 0 saturated carbocycles. The van der Waals surface area contributed by atoms with Gasteiger partial charge in [0.25, 0.3) is 0 Å². The second-order valence-corrected chi connectivity index (χ2v) is 6.10. The summed E-state index contributed by atoms with van der Waals surface area (Å²) >= 11 is 3.52. The Hall–Kier alpha value is -2.26. The summed E-state index contributed by atoms with van der Waals surface area (Å²) in [5.41, 5.74) is 3.52. The van der Waals surface area contributed by atoms with E-state index in [1.54, 1.807) is 0 Å². The minimum atomic E-state index is 0.856. The first kappa shape index (κ1) is 11.4. The molecule has 3 heteroatoms. The van der Waals surface area contributed by atoms with Crippen molar-refractivity contribution in [2.45, 2.75) is 0 Å².